The minimum atomic E-state index is -0.763. The van der Waals surface area contributed by atoms with E-state index in [1.165, 1.54) is 180 Å². The highest BCUT2D eigenvalue weighted by molar-refractivity contribution is 5.71. The van der Waals surface area contributed by atoms with Crippen LogP contribution in [0.2, 0.25) is 0 Å². The largest absolute Gasteiger partial charge is 0.462 e. The van der Waals surface area contributed by atoms with E-state index in [-0.39, 0.29) is 31.1 Å². The van der Waals surface area contributed by atoms with Crippen LogP contribution in [0.5, 0.6) is 0 Å². The first-order valence-corrected chi connectivity index (χ1v) is 25.2. The molecule has 0 radical (unpaired) electrons. The first-order valence-electron chi connectivity index (χ1n) is 25.2. The van der Waals surface area contributed by atoms with E-state index in [1.807, 2.05) is 0 Å². The van der Waals surface area contributed by atoms with Crippen molar-refractivity contribution in [1.82, 2.24) is 0 Å². The molecule has 0 aliphatic heterocycles. The topological polar surface area (TPSA) is 78.9 Å². The average Bonchev–Trinajstić information content (AvgIpc) is 3.21. The highest BCUT2D eigenvalue weighted by atomic mass is 16.6. The van der Waals surface area contributed by atoms with Crippen molar-refractivity contribution in [3.8, 4) is 0 Å². The van der Waals surface area contributed by atoms with Crippen molar-refractivity contribution < 1.29 is 28.6 Å². The number of esters is 3. The normalized spacial score (nSPS) is 12.0. The van der Waals surface area contributed by atoms with Gasteiger partial charge in [0, 0.05) is 19.3 Å². The quantitative estimate of drug-likeness (QED) is 0.0264. The van der Waals surface area contributed by atoms with Gasteiger partial charge < -0.3 is 14.2 Å². The van der Waals surface area contributed by atoms with Crippen LogP contribution in [-0.4, -0.2) is 37.2 Å². The van der Waals surface area contributed by atoms with Crippen molar-refractivity contribution in [3.63, 3.8) is 0 Å². The van der Waals surface area contributed by atoms with Crippen LogP contribution in [0.25, 0.3) is 0 Å². The zero-order valence-corrected chi connectivity index (χ0v) is 38.4. The van der Waals surface area contributed by atoms with Crippen molar-refractivity contribution in [2.75, 3.05) is 13.2 Å². The Bertz CT molecular complexity index is 885. The van der Waals surface area contributed by atoms with Crippen molar-refractivity contribution in [2.24, 2.45) is 0 Å². The molecule has 0 spiro atoms. The van der Waals surface area contributed by atoms with Crippen molar-refractivity contribution in [2.45, 2.75) is 284 Å². The predicted molar refractivity (Wildman–Crippen MR) is 243 cm³/mol. The third kappa shape index (κ3) is 45.1. The lowest BCUT2D eigenvalue weighted by Crippen LogP contribution is -2.30. The van der Waals surface area contributed by atoms with Gasteiger partial charge in [-0.05, 0) is 44.9 Å². The Labute approximate surface area is 354 Å². The molecule has 0 saturated carbocycles. The van der Waals surface area contributed by atoms with Gasteiger partial charge in [0.05, 0.1) is 0 Å². The molecule has 57 heavy (non-hydrogen) atoms. The molecule has 0 N–H and O–H groups in total. The number of hydrogen-bond acceptors (Lipinski definition) is 6. The van der Waals surface area contributed by atoms with E-state index in [2.05, 4.69) is 32.9 Å². The first-order chi connectivity index (χ1) is 28.0. The van der Waals surface area contributed by atoms with Crippen LogP contribution in [0.4, 0.5) is 0 Å². The molecule has 1 atom stereocenters. The zero-order valence-electron chi connectivity index (χ0n) is 38.4. The molecule has 0 amide bonds. The second kappa shape index (κ2) is 46.8. The Morgan fingerprint density at radius 2 is 0.579 bits per heavy atom. The summed E-state index contributed by atoms with van der Waals surface area (Å²) in [7, 11) is 0. The Kier molecular flexibility index (Phi) is 45.3. The molecule has 0 aromatic rings. The third-order valence-electron chi connectivity index (χ3n) is 11.3. The molecular formula is C51H96O6. The molecule has 0 rings (SSSR count). The Hall–Kier alpha value is -1.85. The summed E-state index contributed by atoms with van der Waals surface area (Å²) in [5, 5.41) is 0. The summed E-state index contributed by atoms with van der Waals surface area (Å²) in [6.45, 7) is 6.63. The molecule has 6 heteroatoms. The molecule has 0 bridgehead atoms. The summed E-state index contributed by atoms with van der Waals surface area (Å²) >= 11 is 0. The summed E-state index contributed by atoms with van der Waals surface area (Å²) in [5.41, 5.74) is 0. The summed E-state index contributed by atoms with van der Waals surface area (Å²) in [6, 6.07) is 0. The standard InChI is InChI=1S/C51H96O6/c1-4-7-10-13-16-19-21-23-24-25-26-27-28-30-32-35-38-41-44-50(53)56-47-48(46-55-49(52)43-40-37-34-31-18-15-12-9-6-3)57-51(54)45-42-39-36-33-29-22-20-17-14-11-8-5-2/h24-25,48H,4-23,26-47H2,1-3H3/b25-24-. The maximum absolute atomic E-state index is 12.7. The van der Waals surface area contributed by atoms with Crippen LogP contribution < -0.4 is 0 Å². The van der Waals surface area contributed by atoms with Crippen LogP contribution in [0.1, 0.15) is 278 Å². The molecule has 1 unspecified atom stereocenters. The number of rotatable bonds is 46. The lowest BCUT2D eigenvalue weighted by Gasteiger charge is -2.18. The minimum absolute atomic E-state index is 0.0668. The minimum Gasteiger partial charge on any atom is -0.462 e. The summed E-state index contributed by atoms with van der Waals surface area (Å²) in [6.07, 6.45) is 50.5. The lowest BCUT2D eigenvalue weighted by molar-refractivity contribution is -0.167. The van der Waals surface area contributed by atoms with Gasteiger partial charge in [0.25, 0.3) is 0 Å². The van der Waals surface area contributed by atoms with E-state index in [1.54, 1.807) is 0 Å². The lowest BCUT2D eigenvalue weighted by atomic mass is 10.0. The molecule has 0 aromatic carbocycles. The highest BCUT2D eigenvalue weighted by Crippen LogP contribution is 2.16. The molecule has 0 saturated heterocycles. The van der Waals surface area contributed by atoms with Gasteiger partial charge in [0.15, 0.2) is 6.10 Å². The molecule has 6 nitrogen and oxygen atoms in total. The van der Waals surface area contributed by atoms with E-state index in [9.17, 15) is 14.4 Å². The molecule has 336 valence electrons. The van der Waals surface area contributed by atoms with Gasteiger partial charge >= 0.3 is 17.9 Å². The number of unbranched alkanes of at least 4 members (excludes halogenated alkanes) is 33. The zero-order chi connectivity index (χ0) is 41.5. The monoisotopic (exact) mass is 805 g/mol. The second-order valence-corrected chi connectivity index (χ2v) is 17.1. The van der Waals surface area contributed by atoms with Gasteiger partial charge in [-0.25, -0.2) is 0 Å². The van der Waals surface area contributed by atoms with Crippen LogP contribution in [0.3, 0.4) is 0 Å². The predicted octanol–water partition coefficient (Wildman–Crippen LogP) is 16.2. The fourth-order valence-electron chi connectivity index (χ4n) is 7.44. The molecule has 0 aliphatic rings. The van der Waals surface area contributed by atoms with E-state index in [4.69, 9.17) is 14.2 Å². The third-order valence-corrected chi connectivity index (χ3v) is 11.3. The number of carbonyl (C=O) groups is 3. The second-order valence-electron chi connectivity index (χ2n) is 17.1. The molecule has 0 aliphatic carbocycles. The van der Waals surface area contributed by atoms with Crippen LogP contribution in [-0.2, 0) is 28.6 Å². The van der Waals surface area contributed by atoms with Gasteiger partial charge in [-0.1, -0.05) is 226 Å². The van der Waals surface area contributed by atoms with Gasteiger partial charge in [0.1, 0.15) is 13.2 Å². The smallest absolute Gasteiger partial charge is 0.306 e. The van der Waals surface area contributed by atoms with Crippen LogP contribution in [0.15, 0.2) is 12.2 Å². The van der Waals surface area contributed by atoms with Crippen molar-refractivity contribution in [1.29, 1.82) is 0 Å². The number of ether oxygens (including phenoxy) is 3. The number of hydrogen-bond donors (Lipinski definition) is 0. The Morgan fingerprint density at radius 1 is 0.333 bits per heavy atom. The molecular weight excluding hydrogens is 709 g/mol. The van der Waals surface area contributed by atoms with Gasteiger partial charge in [-0.15, -0.1) is 0 Å². The van der Waals surface area contributed by atoms with Gasteiger partial charge in [-0.3, -0.25) is 14.4 Å². The van der Waals surface area contributed by atoms with E-state index in [0.717, 1.165) is 57.8 Å². The number of carbonyl (C=O) groups excluding carboxylic acids is 3. The first kappa shape index (κ1) is 55.2. The van der Waals surface area contributed by atoms with Crippen LogP contribution >= 0.6 is 0 Å². The van der Waals surface area contributed by atoms with Crippen molar-refractivity contribution >= 4 is 17.9 Å². The molecule has 0 heterocycles. The summed E-state index contributed by atoms with van der Waals surface area (Å²) < 4.78 is 16.7. The van der Waals surface area contributed by atoms with Gasteiger partial charge in [-0.2, -0.15) is 0 Å². The summed E-state index contributed by atoms with van der Waals surface area (Å²) in [4.78, 5) is 37.8. The fourth-order valence-corrected chi connectivity index (χ4v) is 7.44. The summed E-state index contributed by atoms with van der Waals surface area (Å²) in [5.74, 6) is -0.861. The Morgan fingerprint density at radius 3 is 0.877 bits per heavy atom. The Balaban J connectivity index is 4.26. The molecule has 0 fully saturated rings. The highest BCUT2D eigenvalue weighted by Gasteiger charge is 2.19. The van der Waals surface area contributed by atoms with E-state index < -0.39 is 6.10 Å². The maximum atomic E-state index is 12.7. The molecule has 0 aromatic heterocycles. The van der Waals surface area contributed by atoms with Gasteiger partial charge in [0.2, 0.25) is 0 Å². The SMILES string of the molecule is CCCCCCCCC/C=C\CCCCCCCCCC(=O)OCC(COC(=O)CCCCCCCCCCC)OC(=O)CCCCCCCCCCCCCC. The average molecular weight is 805 g/mol. The van der Waals surface area contributed by atoms with E-state index >= 15 is 0 Å². The fraction of sp³-hybridized carbons (Fsp3) is 0.902. The van der Waals surface area contributed by atoms with E-state index in [0.29, 0.717) is 19.3 Å². The maximum Gasteiger partial charge on any atom is 0.306 e. The number of allylic oxidation sites excluding steroid dienone is 2. The van der Waals surface area contributed by atoms with Crippen molar-refractivity contribution in [3.05, 3.63) is 12.2 Å². The van der Waals surface area contributed by atoms with Crippen LogP contribution in [0, 0.1) is 0 Å².